The minimum Gasteiger partial charge on any atom is -0.481 e. The van der Waals surface area contributed by atoms with Crippen molar-refractivity contribution in [3.8, 4) is 0 Å². The number of nitrogens with zero attached hydrogens (tertiary/aromatic N) is 1. The van der Waals surface area contributed by atoms with E-state index in [9.17, 15) is 20.0 Å². The molecule has 0 unspecified atom stereocenters. The molecule has 0 fully saturated rings. The average molecular weight is 225 g/mol. The highest BCUT2D eigenvalue weighted by atomic mass is 16.6. The molecular weight excluding hydrogens is 214 g/mol. The lowest BCUT2D eigenvalue weighted by atomic mass is 9.97. The van der Waals surface area contributed by atoms with Crippen LogP contribution in [0.3, 0.4) is 0 Å². The zero-order valence-electron chi connectivity index (χ0n) is 8.53. The smallest absolute Gasteiger partial charge is 0.309 e. The zero-order valence-corrected chi connectivity index (χ0v) is 8.53. The summed E-state index contributed by atoms with van der Waals surface area (Å²) < 4.78 is 0. The van der Waals surface area contributed by atoms with Gasteiger partial charge in [-0.1, -0.05) is 12.1 Å². The largest absolute Gasteiger partial charge is 0.481 e. The minimum atomic E-state index is -1.25. The second-order valence-electron chi connectivity index (χ2n) is 3.42. The van der Waals surface area contributed by atoms with Crippen molar-refractivity contribution in [3.63, 3.8) is 0 Å². The van der Waals surface area contributed by atoms with E-state index in [0.717, 1.165) is 0 Å². The monoisotopic (exact) mass is 225 g/mol. The Morgan fingerprint density at radius 3 is 2.62 bits per heavy atom. The van der Waals surface area contributed by atoms with E-state index in [1.165, 1.54) is 31.2 Å². The van der Waals surface area contributed by atoms with Crippen LogP contribution in [0.1, 0.15) is 18.6 Å². The van der Waals surface area contributed by atoms with Gasteiger partial charge in [0.05, 0.1) is 16.9 Å². The van der Waals surface area contributed by atoms with Gasteiger partial charge >= 0.3 is 5.97 Å². The van der Waals surface area contributed by atoms with Crippen LogP contribution in [0.4, 0.5) is 5.69 Å². The summed E-state index contributed by atoms with van der Waals surface area (Å²) in [7, 11) is 0. The molecule has 1 rings (SSSR count). The Labute approximate surface area is 91.3 Å². The quantitative estimate of drug-likeness (QED) is 0.595. The number of carboxylic acids is 1. The molecule has 86 valence electrons. The molecular formula is C10H11NO5. The Morgan fingerprint density at radius 1 is 1.50 bits per heavy atom. The van der Waals surface area contributed by atoms with Gasteiger partial charge in [0, 0.05) is 12.1 Å². The molecule has 0 aliphatic heterocycles. The molecule has 0 aromatic heterocycles. The normalized spacial score (nSPS) is 14.1. The number of hydrogen-bond acceptors (Lipinski definition) is 4. The van der Waals surface area contributed by atoms with Gasteiger partial charge in [-0.2, -0.15) is 0 Å². The van der Waals surface area contributed by atoms with Crippen LogP contribution in [0.15, 0.2) is 24.3 Å². The maximum atomic E-state index is 10.6. The standard InChI is InChI=1S/C10H11NO5/c1-6(10(13)14)9(12)7-3-2-4-8(5-7)11(15)16/h2-6,9,12H,1H3,(H,13,14)/t6-,9+/m1/s1. The van der Waals surface area contributed by atoms with Crippen LogP contribution >= 0.6 is 0 Å². The Kier molecular flexibility index (Phi) is 3.57. The summed E-state index contributed by atoms with van der Waals surface area (Å²) in [5, 5.41) is 28.8. The minimum absolute atomic E-state index is 0.172. The molecule has 0 aliphatic rings. The van der Waals surface area contributed by atoms with Gasteiger partial charge in [0.1, 0.15) is 0 Å². The second-order valence-corrected chi connectivity index (χ2v) is 3.42. The summed E-state index contributed by atoms with van der Waals surface area (Å²) in [5.74, 6) is -2.17. The molecule has 0 radical (unpaired) electrons. The molecule has 0 amide bonds. The van der Waals surface area contributed by atoms with Crippen molar-refractivity contribution in [2.45, 2.75) is 13.0 Å². The SMILES string of the molecule is C[C@@H](C(=O)O)[C@H](O)c1cccc([N+](=O)[O-])c1. The van der Waals surface area contributed by atoms with Crippen LogP contribution < -0.4 is 0 Å². The summed E-state index contributed by atoms with van der Waals surface area (Å²) in [4.78, 5) is 20.5. The average Bonchev–Trinajstić information content (AvgIpc) is 2.27. The molecule has 0 saturated carbocycles. The first-order chi connectivity index (χ1) is 7.43. The molecule has 0 aliphatic carbocycles. The number of nitro groups is 1. The van der Waals surface area contributed by atoms with E-state index in [2.05, 4.69) is 0 Å². The summed E-state index contributed by atoms with van der Waals surface area (Å²) in [5.41, 5.74) is 0.0539. The molecule has 2 atom stereocenters. The topological polar surface area (TPSA) is 101 Å². The fraction of sp³-hybridized carbons (Fsp3) is 0.300. The van der Waals surface area contributed by atoms with Gasteiger partial charge in [-0.25, -0.2) is 0 Å². The zero-order chi connectivity index (χ0) is 12.3. The van der Waals surface area contributed by atoms with Crippen molar-refractivity contribution < 1.29 is 19.9 Å². The van der Waals surface area contributed by atoms with Gasteiger partial charge in [-0.05, 0) is 12.5 Å². The van der Waals surface area contributed by atoms with Gasteiger partial charge in [0.15, 0.2) is 0 Å². The highest BCUT2D eigenvalue weighted by molar-refractivity contribution is 5.70. The van der Waals surface area contributed by atoms with Gasteiger partial charge in [-0.3, -0.25) is 14.9 Å². The van der Waals surface area contributed by atoms with E-state index in [1.54, 1.807) is 0 Å². The number of nitro benzene ring substituents is 1. The number of aliphatic hydroxyl groups is 1. The molecule has 6 nitrogen and oxygen atoms in total. The highest BCUT2D eigenvalue weighted by Crippen LogP contribution is 2.24. The van der Waals surface area contributed by atoms with E-state index in [4.69, 9.17) is 5.11 Å². The highest BCUT2D eigenvalue weighted by Gasteiger charge is 2.23. The fourth-order valence-corrected chi connectivity index (χ4v) is 1.25. The lowest BCUT2D eigenvalue weighted by Gasteiger charge is -2.14. The first kappa shape index (κ1) is 12.1. The van der Waals surface area contributed by atoms with Crippen LogP contribution in [0.5, 0.6) is 0 Å². The van der Waals surface area contributed by atoms with Gasteiger partial charge in [-0.15, -0.1) is 0 Å². The summed E-state index contributed by atoms with van der Waals surface area (Å²) in [6.45, 7) is 1.34. The molecule has 0 heterocycles. The van der Waals surface area contributed by atoms with Crippen molar-refractivity contribution in [2.24, 2.45) is 5.92 Å². The number of aliphatic hydroxyl groups excluding tert-OH is 1. The molecule has 1 aromatic carbocycles. The summed E-state index contributed by atoms with van der Waals surface area (Å²) in [6, 6.07) is 5.31. The summed E-state index contributed by atoms with van der Waals surface area (Å²) in [6.07, 6.45) is -1.25. The molecule has 2 N–H and O–H groups in total. The van der Waals surface area contributed by atoms with Gasteiger partial charge < -0.3 is 10.2 Å². The Hall–Kier alpha value is -1.95. The number of hydrogen-bond donors (Lipinski definition) is 2. The van der Waals surface area contributed by atoms with Crippen LogP contribution in [0, 0.1) is 16.0 Å². The van der Waals surface area contributed by atoms with Crippen LogP contribution in [0.25, 0.3) is 0 Å². The van der Waals surface area contributed by atoms with Crippen LogP contribution in [0.2, 0.25) is 0 Å². The van der Waals surface area contributed by atoms with Gasteiger partial charge in [0.25, 0.3) is 5.69 Å². The Bertz CT molecular complexity index is 417. The van der Waals surface area contributed by atoms with Crippen LogP contribution in [-0.4, -0.2) is 21.1 Å². The van der Waals surface area contributed by atoms with E-state index >= 15 is 0 Å². The third kappa shape index (κ3) is 2.54. The number of carboxylic acid groups (broad SMARTS) is 1. The Balaban J connectivity index is 3.00. The maximum absolute atomic E-state index is 10.6. The number of benzene rings is 1. The first-order valence-electron chi connectivity index (χ1n) is 4.58. The van der Waals surface area contributed by atoms with Gasteiger partial charge in [0.2, 0.25) is 0 Å². The van der Waals surface area contributed by atoms with E-state index in [-0.39, 0.29) is 11.3 Å². The Morgan fingerprint density at radius 2 is 2.12 bits per heavy atom. The van der Waals surface area contributed by atoms with Crippen molar-refractivity contribution in [2.75, 3.05) is 0 Å². The number of aliphatic carboxylic acids is 1. The third-order valence-corrected chi connectivity index (χ3v) is 2.29. The number of non-ortho nitro benzene ring substituents is 1. The van der Waals surface area contributed by atoms with E-state index in [0.29, 0.717) is 0 Å². The predicted molar refractivity (Wildman–Crippen MR) is 54.9 cm³/mol. The van der Waals surface area contributed by atoms with Crippen molar-refractivity contribution in [1.82, 2.24) is 0 Å². The molecule has 0 saturated heterocycles. The number of rotatable bonds is 4. The van der Waals surface area contributed by atoms with E-state index in [1.807, 2.05) is 0 Å². The van der Waals surface area contributed by atoms with E-state index < -0.39 is 22.9 Å². The molecule has 6 heteroatoms. The van der Waals surface area contributed by atoms with Crippen molar-refractivity contribution >= 4 is 11.7 Å². The molecule has 16 heavy (non-hydrogen) atoms. The lowest BCUT2D eigenvalue weighted by Crippen LogP contribution is -2.18. The van der Waals surface area contributed by atoms with Crippen LogP contribution in [-0.2, 0) is 4.79 Å². The summed E-state index contributed by atoms with van der Waals surface area (Å²) >= 11 is 0. The fourth-order valence-electron chi connectivity index (χ4n) is 1.25. The van der Waals surface area contributed by atoms with Crippen molar-refractivity contribution in [3.05, 3.63) is 39.9 Å². The second kappa shape index (κ2) is 4.71. The molecule has 1 aromatic rings. The van der Waals surface area contributed by atoms with Crippen molar-refractivity contribution in [1.29, 1.82) is 0 Å². The number of carbonyl (C=O) groups is 1. The molecule has 0 bridgehead atoms. The molecule has 0 spiro atoms. The third-order valence-electron chi connectivity index (χ3n) is 2.29. The maximum Gasteiger partial charge on any atom is 0.309 e. The predicted octanol–water partition coefficient (Wildman–Crippen LogP) is 1.35. The lowest BCUT2D eigenvalue weighted by molar-refractivity contribution is -0.385. The first-order valence-corrected chi connectivity index (χ1v) is 4.58.